The molecule has 15 heavy (non-hydrogen) atoms. The van der Waals surface area contributed by atoms with Crippen LogP contribution < -0.4 is 0 Å². The van der Waals surface area contributed by atoms with Gasteiger partial charge >= 0.3 is 5.97 Å². The van der Waals surface area contributed by atoms with Crippen molar-refractivity contribution in [1.29, 1.82) is 0 Å². The van der Waals surface area contributed by atoms with Crippen LogP contribution in [0.25, 0.3) is 0 Å². The van der Waals surface area contributed by atoms with E-state index in [1.807, 2.05) is 0 Å². The van der Waals surface area contributed by atoms with E-state index in [0.29, 0.717) is 6.42 Å². The molecule has 0 spiro atoms. The standard InChI is InChI=1S/C9H14Cl3IO2/c1-2-3-4-5-6-7(14)15-8(13)9(10,11)12/h8H,2-6H2,1H3. The zero-order chi connectivity index (χ0) is 11.9. The number of carbonyl (C=O) groups excluding carboxylic acids is 1. The first-order chi connectivity index (χ1) is 6.88. The Balaban J connectivity index is 3.65. The maximum absolute atomic E-state index is 11.3. The lowest BCUT2D eigenvalue weighted by Gasteiger charge is -2.18. The van der Waals surface area contributed by atoms with Crippen LogP contribution in [0.4, 0.5) is 0 Å². The van der Waals surface area contributed by atoms with Crippen LogP contribution in [0.1, 0.15) is 39.0 Å². The van der Waals surface area contributed by atoms with E-state index in [-0.39, 0.29) is 5.97 Å². The van der Waals surface area contributed by atoms with Crippen molar-refractivity contribution in [3.05, 3.63) is 0 Å². The molecule has 6 heteroatoms. The Labute approximate surface area is 119 Å². The number of halogens is 4. The third-order valence-electron chi connectivity index (χ3n) is 1.73. The normalized spacial score (nSPS) is 13.7. The van der Waals surface area contributed by atoms with E-state index < -0.39 is 7.90 Å². The molecule has 0 radical (unpaired) electrons. The van der Waals surface area contributed by atoms with Gasteiger partial charge in [0.05, 0.1) is 0 Å². The van der Waals surface area contributed by atoms with Crippen molar-refractivity contribution in [2.75, 3.05) is 0 Å². The average Bonchev–Trinajstić information content (AvgIpc) is 2.11. The zero-order valence-corrected chi connectivity index (χ0v) is 12.9. The maximum atomic E-state index is 11.3. The first-order valence-electron chi connectivity index (χ1n) is 4.78. The largest absolute Gasteiger partial charge is 0.447 e. The number of esters is 1. The molecule has 0 saturated carbocycles. The van der Waals surface area contributed by atoms with E-state index >= 15 is 0 Å². The van der Waals surface area contributed by atoms with Crippen molar-refractivity contribution in [3.8, 4) is 0 Å². The third kappa shape index (κ3) is 8.83. The van der Waals surface area contributed by atoms with Gasteiger partial charge in [0.25, 0.3) is 0 Å². The van der Waals surface area contributed by atoms with Crippen LogP contribution in [-0.4, -0.2) is 13.9 Å². The Kier molecular flexibility index (Phi) is 8.79. The van der Waals surface area contributed by atoms with Gasteiger partial charge in [-0.15, -0.1) is 0 Å². The number of rotatable bonds is 6. The minimum absolute atomic E-state index is 0.308. The summed E-state index contributed by atoms with van der Waals surface area (Å²) in [5.74, 6) is -0.308. The Morgan fingerprint density at radius 3 is 2.40 bits per heavy atom. The van der Waals surface area contributed by atoms with Crippen LogP contribution in [-0.2, 0) is 9.53 Å². The number of carbonyl (C=O) groups is 1. The van der Waals surface area contributed by atoms with Crippen LogP contribution in [0.5, 0.6) is 0 Å². The van der Waals surface area contributed by atoms with Gasteiger partial charge in [-0.3, -0.25) is 4.79 Å². The fourth-order valence-corrected chi connectivity index (χ4v) is 1.35. The molecule has 0 amide bonds. The summed E-state index contributed by atoms with van der Waals surface area (Å²) in [6, 6.07) is 0. The van der Waals surface area contributed by atoms with E-state index in [2.05, 4.69) is 6.92 Å². The first kappa shape index (κ1) is 16.1. The summed E-state index contributed by atoms with van der Waals surface area (Å²) in [6.07, 6.45) is 4.52. The fraction of sp³-hybridized carbons (Fsp3) is 0.889. The molecule has 0 rings (SSSR count). The molecule has 0 aliphatic heterocycles. The highest BCUT2D eigenvalue weighted by atomic mass is 127. The van der Waals surface area contributed by atoms with Crippen molar-refractivity contribution < 1.29 is 9.53 Å². The summed E-state index contributed by atoms with van der Waals surface area (Å²) in [5.41, 5.74) is 0. The van der Waals surface area contributed by atoms with Gasteiger partial charge in [-0.05, 0) is 29.0 Å². The quantitative estimate of drug-likeness (QED) is 0.287. The zero-order valence-electron chi connectivity index (χ0n) is 8.44. The van der Waals surface area contributed by atoms with E-state index in [1.165, 1.54) is 0 Å². The van der Waals surface area contributed by atoms with E-state index in [4.69, 9.17) is 39.5 Å². The molecule has 90 valence electrons. The Morgan fingerprint density at radius 2 is 1.93 bits per heavy atom. The van der Waals surface area contributed by atoms with Crippen molar-refractivity contribution >= 4 is 63.4 Å². The van der Waals surface area contributed by atoms with Gasteiger partial charge in [-0.25, -0.2) is 0 Å². The molecule has 0 aromatic rings. The van der Waals surface area contributed by atoms with Gasteiger partial charge in [-0.2, -0.15) is 0 Å². The molecule has 0 fully saturated rings. The highest BCUT2D eigenvalue weighted by molar-refractivity contribution is 14.1. The second kappa shape index (κ2) is 8.20. The highest BCUT2D eigenvalue weighted by Crippen LogP contribution is 2.36. The predicted octanol–water partition coefficient (Wildman–Crippen LogP) is 4.63. The Hall–Kier alpha value is 1.07. The molecule has 2 nitrogen and oxygen atoms in total. The number of hydrogen-bond acceptors (Lipinski definition) is 2. The summed E-state index contributed by atoms with van der Waals surface area (Å²) >= 11 is 18.5. The lowest BCUT2D eigenvalue weighted by molar-refractivity contribution is -0.144. The molecule has 1 unspecified atom stereocenters. The topological polar surface area (TPSA) is 26.3 Å². The monoisotopic (exact) mass is 386 g/mol. The van der Waals surface area contributed by atoms with Gasteiger partial charge in [-0.1, -0.05) is 61.0 Å². The summed E-state index contributed by atoms with van der Waals surface area (Å²) in [6.45, 7) is 2.11. The minimum Gasteiger partial charge on any atom is -0.447 e. The van der Waals surface area contributed by atoms with Gasteiger partial charge < -0.3 is 4.74 Å². The second-order valence-corrected chi connectivity index (χ2v) is 6.66. The molecule has 0 aromatic heterocycles. The van der Waals surface area contributed by atoms with E-state index in [1.54, 1.807) is 22.6 Å². The molecule has 0 saturated heterocycles. The van der Waals surface area contributed by atoms with Crippen LogP contribution in [0, 0.1) is 0 Å². The average molecular weight is 387 g/mol. The second-order valence-electron chi connectivity index (χ2n) is 3.16. The first-order valence-corrected chi connectivity index (χ1v) is 7.16. The van der Waals surface area contributed by atoms with Gasteiger partial charge in [0.2, 0.25) is 3.79 Å². The van der Waals surface area contributed by atoms with Crippen molar-refractivity contribution in [2.24, 2.45) is 0 Å². The summed E-state index contributed by atoms with van der Waals surface area (Å²) in [4.78, 5) is 11.3. The highest BCUT2D eigenvalue weighted by Gasteiger charge is 2.33. The van der Waals surface area contributed by atoms with Crippen molar-refractivity contribution in [2.45, 2.75) is 46.9 Å². The van der Waals surface area contributed by atoms with E-state index in [0.717, 1.165) is 25.7 Å². The van der Waals surface area contributed by atoms with Gasteiger partial charge in [0.15, 0.2) is 4.11 Å². The van der Waals surface area contributed by atoms with Crippen LogP contribution in [0.3, 0.4) is 0 Å². The summed E-state index contributed by atoms with van der Waals surface area (Å²) < 4.78 is 2.65. The number of alkyl halides is 4. The molecule has 0 heterocycles. The van der Waals surface area contributed by atoms with Gasteiger partial charge in [0, 0.05) is 6.42 Å². The number of hydrogen-bond donors (Lipinski definition) is 0. The van der Waals surface area contributed by atoms with Crippen LogP contribution in [0.15, 0.2) is 0 Å². The molecular weight excluding hydrogens is 373 g/mol. The van der Waals surface area contributed by atoms with Crippen molar-refractivity contribution in [3.63, 3.8) is 0 Å². The molecule has 0 aliphatic rings. The third-order valence-corrected chi connectivity index (χ3v) is 4.61. The Morgan fingerprint density at radius 1 is 1.33 bits per heavy atom. The number of unbranched alkanes of at least 4 members (excludes halogenated alkanes) is 3. The molecule has 0 aromatic carbocycles. The lowest BCUT2D eigenvalue weighted by atomic mass is 10.2. The van der Waals surface area contributed by atoms with Gasteiger partial charge in [0.1, 0.15) is 0 Å². The lowest BCUT2D eigenvalue weighted by Crippen LogP contribution is -2.25. The summed E-state index contributed by atoms with van der Waals surface area (Å²) in [7, 11) is 0. The fourth-order valence-electron chi connectivity index (χ4n) is 0.937. The van der Waals surface area contributed by atoms with Crippen LogP contribution >= 0.6 is 57.4 Å². The number of ether oxygens (including phenoxy) is 1. The molecule has 1 atom stereocenters. The molecule has 0 aliphatic carbocycles. The summed E-state index contributed by atoms with van der Waals surface area (Å²) in [5, 5.41) is 0. The van der Waals surface area contributed by atoms with Crippen LogP contribution in [0.2, 0.25) is 0 Å². The minimum atomic E-state index is -1.56. The molecule has 0 N–H and O–H groups in total. The Bertz CT molecular complexity index is 194. The molecular formula is C9H14Cl3IO2. The van der Waals surface area contributed by atoms with E-state index in [9.17, 15) is 4.79 Å². The van der Waals surface area contributed by atoms with Crippen molar-refractivity contribution in [1.82, 2.24) is 0 Å². The maximum Gasteiger partial charge on any atom is 0.306 e. The predicted molar refractivity (Wildman–Crippen MR) is 72.9 cm³/mol. The smallest absolute Gasteiger partial charge is 0.306 e. The molecule has 0 bridgehead atoms. The SMILES string of the molecule is CCCCCCC(=O)OC(I)C(Cl)(Cl)Cl.